The number of aliphatic hydroxyl groups is 1. The number of nitrogens with two attached hydrogens (primary N) is 1. The van der Waals surface area contributed by atoms with E-state index >= 15 is 0 Å². The maximum absolute atomic E-state index is 12.7. The van der Waals surface area contributed by atoms with Gasteiger partial charge in [-0.3, -0.25) is 13.9 Å². The Kier molecular flexibility index (Phi) is 6.77. The van der Waals surface area contributed by atoms with Crippen molar-refractivity contribution in [3.05, 3.63) is 43.0 Å². The number of hydrogen-bond donors (Lipinski definition) is 2. The van der Waals surface area contributed by atoms with Gasteiger partial charge in [0.1, 0.15) is 6.23 Å². The molecule has 0 spiro atoms. The largest absolute Gasteiger partial charge is 0.394 e. The fraction of sp³-hybridized carbons (Fsp3) is 0.733. The fourth-order valence-electron chi connectivity index (χ4n) is 2.99. The predicted octanol–water partition coefficient (Wildman–Crippen LogP) is 0.406. The molecule has 2 heterocycles. The topological polar surface area (TPSA) is 148 Å². The van der Waals surface area contributed by atoms with E-state index in [0.29, 0.717) is 25.1 Å². The third-order valence-corrected chi connectivity index (χ3v) is 4.35. The molecule has 0 radical (unpaired) electrons. The number of hydrogen-bond acceptors (Lipinski definition) is 6. The smallest absolute Gasteiger partial charge is 0.333 e. The summed E-state index contributed by atoms with van der Waals surface area (Å²) >= 11 is 0. The molecule has 0 unspecified atom stereocenters. The van der Waals surface area contributed by atoms with Crippen molar-refractivity contribution in [2.24, 2.45) is 10.8 Å². The molecule has 1 aromatic rings. The summed E-state index contributed by atoms with van der Waals surface area (Å²) in [5.41, 5.74) is 13.7. The molecule has 1 saturated heterocycles. The van der Waals surface area contributed by atoms with E-state index in [0.717, 1.165) is 12.8 Å². The molecule has 3 atom stereocenters. The molecule has 0 aliphatic carbocycles. The zero-order valence-electron chi connectivity index (χ0n) is 14.2. The van der Waals surface area contributed by atoms with Gasteiger partial charge in [-0.2, -0.15) is 0 Å². The van der Waals surface area contributed by atoms with Crippen LogP contribution in [0.15, 0.2) is 20.9 Å². The van der Waals surface area contributed by atoms with Crippen molar-refractivity contribution in [2.75, 3.05) is 13.2 Å². The van der Waals surface area contributed by atoms with Crippen molar-refractivity contribution in [2.45, 2.75) is 57.5 Å². The monoisotopic (exact) mass is 352 g/mol. The predicted molar refractivity (Wildman–Crippen MR) is 91.2 cm³/mol. The van der Waals surface area contributed by atoms with E-state index < -0.39 is 24.1 Å². The molecule has 1 fully saturated rings. The highest BCUT2D eigenvalue weighted by atomic mass is 16.5. The summed E-state index contributed by atoms with van der Waals surface area (Å²) in [6, 6.07) is -0.558. The number of aromatic nitrogens is 2. The Balaban J connectivity index is 2.30. The van der Waals surface area contributed by atoms with Crippen molar-refractivity contribution in [3.8, 4) is 0 Å². The molecule has 1 aliphatic rings. The number of rotatable bonds is 8. The normalized spacial score (nSPS) is 22.8. The van der Waals surface area contributed by atoms with Gasteiger partial charge in [0.25, 0.3) is 5.56 Å². The summed E-state index contributed by atoms with van der Waals surface area (Å²) in [5.74, 6) is 0. The number of ether oxygens (including phenoxy) is 1. The Bertz CT molecular complexity index is 751. The lowest BCUT2D eigenvalue weighted by atomic mass is 10.1. The first-order valence-electron chi connectivity index (χ1n) is 8.36. The number of nitrogens with zero attached hydrogens (tertiary/aromatic N) is 5. The SMILES string of the molecule is Cc1cn([C@H]2C[C@H](N=[N+]=[N-])[C@@H](CO)O2)c(=O)n(CCCCCN)c1=O. The van der Waals surface area contributed by atoms with Crippen molar-refractivity contribution in [1.29, 1.82) is 0 Å². The summed E-state index contributed by atoms with van der Waals surface area (Å²) in [5, 5.41) is 13.0. The Morgan fingerprint density at radius 1 is 1.44 bits per heavy atom. The molecule has 0 saturated carbocycles. The van der Waals surface area contributed by atoms with E-state index in [1.54, 1.807) is 6.92 Å². The maximum atomic E-state index is 12.7. The van der Waals surface area contributed by atoms with Gasteiger partial charge in [-0.05, 0) is 31.8 Å². The number of azide groups is 1. The molecule has 25 heavy (non-hydrogen) atoms. The highest BCUT2D eigenvalue weighted by molar-refractivity contribution is 5.04. The van der Waals surface area contributed by atoms with Gasteiger partial charge in [0.15, 0.2) is 0 Å². The number of aliphatic hydroxyl groups excluding tert-OH is 1. The third kappa shape index (κ3) is 4.29. The van der Waals surface area contributed by atoms with Gasteiger partial charge in [0.05, 0.1) is 18.8 Å². The standard InChI is InChI=1S/C15H24N6O4/c1-10-8-21(13-7-11(18-19-17)12(9-22)25-13)15(24)20(14(10)23)6-4-2-3-5-16/h8,11-13,22H,2-7,9,16H2,1H3/t11-,12+,13+/m0/s1. The lowest BCUT2D eigenvalue weighted by Crippen LogP contribution is -2.42. The summed E-state index contributed by atoms with van der Waals surface area (Å²) in [6.45, 7) is 2.21. The minimum Gasteiger partial charge on any atom is -0.394 e. The molecular weight excluding hydrogens is 328 g/mol. The second kappa shape index (κ2) is 8.82. The van der Waals surface area contributed by atoms with Crippen LogP contribution in [0.3, 0.4) is 0 Å². The maximum Gasteiger partial charge on any atom is 0.333 e. The minimum atomic E-state index is -0.685. The quantitative estimate of drug-likeness (QED) is 0.301. The van der Waals surface area contributed by atoms with Gasteiger partial charge in [-0.1, -0.05) is 11.5 Å². The Morgan fingerprint density at radius 2 is 2.20 bits per heavy atom. The van der Waals surface area contributed by atoms with Crippen LogP contribution in [0.2, 0.25) is 0 Å². The van der Waals surface area contributed by atoms with Gasteiger partial charge in [0.2, 0.25) is 0 Å². The van der Waals surface area contributed by atoms with Crippen LogP contribution in [0.5, 0.6) is 0 Å². The molecule has 0 amide bonds. The minimum absolute atomic E-state index is 0.264. The van der Waals surface area contributed by atoms with E-state index in [1.165, 1.54) is 15.3 Å². The molecule has 0 aromatic carbocycles. The van der Waals surface area contributed by atoms with Crippen LogP contribution in [0.1, 0.15) is 37.5 Å². The van der Waals surface area contributed by atoms with Gasteiger partial charge < -0.3 is 15.6 Å². The summed E-state index contributed by atoms with van der Waals surface area (Å²) in [4.78, 5) is 27.7. The lowest BCUT2D eigenvalue weighted by Gasteiger charge is -2.17. The zero-order chi connectivity index (χ0) is 18.4. The first-order valence-corrected chi connectivity index (χ1v) is 8.36. The fourth-order valence-corrected chi connectivity index (χ4v) is 2.99. The van der Waals surface area contributed by atoms with E-state index in [9.17, 15) is 14.7 Å². The molecule has 10 heteroatoms. The van der Waals surface area contributed by atoms with Gasteiger partial charge in [-0.15, -0.1) is 0 Å². The van der Waals surface area contributed by atoms with Crippen LogP contribution in [-0.2, 0) is 11.3 Å². The first kappa shape index (κ1) is 19.2. The molecule has 10 nitrogen and oxygen atoms in total. The van der Waals surface area contributed by atoms with Crippen LogP contribution in [0.25, 0.3) is 10.4 Å². The van der Waals surface area contributed by atoms with Crippen molar-refractivity contribution >= 4 is 0 Å². The Hall–Kier alpha value is -2.13. The summed E-state index contributed by atoms with van der Waals surface area (Å²) in [7, 11) is 0. The van der Waals surface area contributed by atoms with Gasteiger partial charge in [-0.25, -0.2) is 4.79 Å². The second-order valence-corrected chi connectivity index (χ2v) is 6.13. The van der Waals surface area contributed by atoms with Crippen LogP contribution < -0.4 is 17.0 Å². The highest BCUT2D eigenvalue weighted by Crippen LogP contribution is 2.29. The average molecular weight is 352 g/mol. The van der Waals surface area contributed by atoms with Crippen LogP contribution in [-0.4, -0.2) is 39.5 Å². The molecule has 1 aromatic heterocycles. The molecule has 1 aliphatic heterocycles. The van der Waals surface area contributed by atoms with Gasteiger partial charge >= 0.3 is 5.69 Å². The summed E-state index contributed by atoms with van der Waals surface area (Å²) in [6.07, 6.45) is 2.72. The van der Waals surface area contributed by atoms with Crippen molar-refractivity contribution in [3.63, 3.8) is 0 Å². The van der Waals surface area contributed by atoms with E-state index in [-0.39, 0.29) is 18.6 Å². The highest BCUT2D eigenvalue weighted by Gasteiger charge is 2.36. The molecule has 2 rings (SSSR count). The van der Waals surface area contributed by atoms with Crippen molar-refractivity contribution < 1.29 is 9.84 Å². The molecule has 3 N–H and O–H groups in total. The van der Waals surface area contributed by atoms with E-state index in [2.05, 4.69) is 10.0 Å². The number of aryl methyl sites for hydroxylation is 1. The third-order valence-electron chi connectivity index (χ3n) is 4.35. The number of unbranched alkanes of at least 4 members (excludes halogenated alkanes) is 2. The summed E-state index contributed by atoms with van der Waals surface area (Å²) < 4.78 is 8.19. The Morgan fingerprint density at radius 3 is 2.84 bits per heavy atom. The van der Waals surface area contributed by atoms with Gasteiger partial charge in [0, 0.05) is 29.6 Å². The van der Waals surface area contributed by atoms with E-state index in [4.69, 9.17) is 16.0 Å². The first-order chi connectivity index (χ1) is 12.0. The zero-order valence-corrected chi connectivity index (χ0v) is 14.2. The molecule has 138 valence electrons. The lowest BCUT2D eigenvalue weighted by molar-refractivity contribution is -0.0277. The average Bonchev–Trinajstić information content (AvgIpc) is 3.00. The van der Waals surface area contributed by atoms with Crippen molar-refractivity contribution in [1.82, 2.24) is 9.13 Å². The van der Waals surface area contributed by atoms with Crippen LogP contribution in [0.4, 0.5) is 0 Å². The van der Waals surface area contributed by atoms with Crippen LogP contribution in [0, 0.1) is 6.92 Å². The second-order valence-electron chi connectivity index (χ2n) is 6.13. The molecule has 0 bridgehead atoms. The van der Waals surface area contributed by atoms with Crippen LogP contribution >= 0.6 is 0 Å². The molecular formula is C15H24N6O4. The Labute approximate surface area is 144 Å². The van der Waals surface area contributed by atoms with E-state index in [1.807, 2.05) is 0 Å².